The topological polar surface area (TPSA) is 55.8 Å². The van der Waals surface area contributed by atoms with E-state index in [1.807, 2.05) is 19.1 Å². The molecule has 2 unspecified atom stereocenters. The molecule has 0 saturated heterocycles. The summed E-state index contributed by atoms with van der Waals surface area (Å²) >= 11 is 0. The fourth-order valence-electron chi connectivity index (χ4n) is 2.57. The van der Waals surface area contributed by atoms with Gasteiger partial charge in [0.05, 0.1) is 5.56 Å². The second-order valence-corrected chi connectivity index (χ2v) is 5.10. The van der Waals surface area contributed by atoms with Crippen LogP contribution < -0.4 is 4.74 Å². The Balaban J connectivity index is 2.15. The second-order valence-electron chi connectivity index (χ2n) is 5.10. The summed E-state index contributed by atoms with van der Waals surface area (Å²) in [6.07, 6.45) is -1.42. The van der Waals surface area contributed by atoms with Crippen LogP contribution in [0.1, 0.15) is 21.5 Å². The summed E-state index contributed by atoms with van der Waals surface area (Å²) < 4.78 is 11.3. The van der Waals surface area contributed by atoms with Gasteiger partial charge in [0, 0.05) is 12.7 Å². The monoisotopic (exact) mass is 284 g/mol. The third-order valence-electron chi connectivity index (χ3n) is 3.78. The smallest absolute Gasteiger partial charge is 0.270 e. The Morgan fingerprint density at radius 3 is 2.48 bits per heavy atom. The molecule has 0 radical (unpaired) electrons. The average molecular weight is 284 g/mol. The summed E-state index contributed by atoms with van der Waals surface area (Å²) in [7, 11) is 1.42. The van der Waals surface area contributed by atoms with Gasteiger partial charge in [-0.05, 0) is 19.1 Å². The zero-order valence-corrected chi connectivity index (χ0v) is 11.9. The van der Waals surface area contributed by atoms with E-state index >= 15 is 0 Å². The maximum atomic E-state index is 12.4. The molecular weight excluding hydrogens is 268 g/mol. The fraction of sp³-hybridized carbons (Fsp3) is 0.235. The third kappa shape index (κ3) is 2.04. The largest absolute Gasteiger partial charge is 0.454 e. The van der Waals surface area contributed by atoms with Crippen LogP contribution in [0.15, 0.2) is 48.5 Å². The molecule has 0 aliphatic carbocycles. The van der Waals surface area contributed by atoms with Crippen LogP contribution in [0, 0.1) is 6.92 Å². The van der Waals surface area contributed by atoms with Crippen molar-refractivity contribution in [2.45, 2.75) is 18.8 Å². The molecule has 3 rings (SSSR count). The second kappa shape index (κ2) is 4.98. The van der Waals surface area contributed by atoms with Crippen molar-refractivity contribution in [3.8, 4) is 5.75 Å². The number of benzene rings is 2. The van der Waals surface area contributed by atoms with Crippen molar-refractivity contribution in [1.29, 1.82) is 0 Å². The minimum Gasteiger partial charge on any atom is -0.454 e. The summed E-state index contributed by atoms with van der Waals surface area (Å²) in [5.74, 6) is -1.51. The average Bonchev–Trinajstić information content (AvgIpc) is 2.52. The highest BCUT2D eigenvalue weighted by Gasteiger charge is 2.51. The summed E-state index contributed by atoms with van der Waals surface area (Å²) in [4.78, 5) is 12.4. The number of hydrogen-bond donors (Lipinski definition) is 1. The van der Waals surface area contributed by atoms with Gasteiger partial charge < -0.3 is 14.6 Å². The van der Waals surface area contributed by atoms with Crippen molar-refractivity contribution in [1.82, 2.24) is 0 Å². The molecule has 0 bridgehead atoms. The highest BCUT2D eigenvalue weighted by molar-refractivity contribution is 6.03. The maximum absolute atomic E-state index is 12.4. The van der Waals surface area contributed by atoms with Crippen LogP contribution in [0.25, 0.3) is 0 Å². The standard InChI is InChI=1S/C17H16O4/c1-11-7-9-12(10-8-11)17(20-2)16(19)15(18)13-5-3-4-6-14(13)21-17/h3-10,16,19H,1-2H3. The van der Waals surface area contributed by atoms with Crippen LogP contribution >= 0.6 is 0 Å². The van der Waals surface area contributed by atoms with Gasteiger partial charge in [0.15, 0.2) is 6.10 Å². The number of para-hydroxylation sites is 1. The van der Waals surface area contributed by atoms with Gasteiger partial charge in [0.1, 0.15) is 5.75 Å². The summed E-state index contributed by atoms with van der Waals surface area (Å²) in [5, 5.41) is 10.5. The Morgan fingerprint density at radius 2 is 1.81 bits per heavy atom. The first-order valence-corrected chi connectivity index (χ1v) is 6.71. The number of Topliss-reactive ketones (excluding diaryl/α,β-unsaturated/α-hetero) is 1. The molecule has 2 aromatic rings. The Morgan fingerprint density at radius 1 is 1.14 bits per heavy atom. The highest BCUT2D eigenvalue weighted by Crippen LogP contribution is 2.40. The molecule has 4 nitrogen and oxygen atoms in total. The maximum Gasteiger partial charge on any atom is 0.270 e. The number of methoxy groups -OCH3 is 1. The normalized spacial score (nSPS) is 24.3. The number of fused-ring (bicyclic) bond motifs is 1. The summed E-state index contributed by atoms with van der Waals surface area (Å²) in [6.45, 7) is 1.96. The van der Waals surface area contributed by atoms with Crippen LogP contribution in [-0.2, 0) is 10.5 Å². The molecule has 0 amide bonds. The Hall–Kier alpha value is -2.17. The summed E-state index contributed by atoms with van der Waals surface area (Å²) in [6, 6.07) is 14.2. The van der Waals surface area contributed by atoms with Gasteiger partial charge in [0.2, 0.25) is 5.78 Å². The molecule has 0 aromatic heterocycles. The van der Waals surface area contributed by atoms with Crippen LogP contribution in [0.5, 0.6) is 5.75 Å². The van der Waals surface area contributed by atoms with Gasteiger partial charge in [-0.1, -0.05) is 42.0 Å². The van der Waals surface area contributed by atoms with Crippen LogP contribution in [0.2, 0.25) is 0 Å². The summed E-state index contributed by atoms with van der Waals surface area (Å²) in [5.41, 5.74) is 2.04. The number of carbonyl (C=O) groups excluding carboxylic acids is 1. The number of hydrogen-bond acceptors (Lipinski definition) is 4. The quantitative estimate of drug-likeness (QED) is 0.920. The van der Waals surface area contributed by atoms with Crippen molar-refractivity contribution in [2.24, 2.45) is 0 Å². The van der Waals surface area contributed by atoms with Crippen LogP contribution in [0.4, 0.5) is 0 Å². The first kappa shape index (κ1) is 13.8. The van der Waals surface area contributed by atoms with Crippen molar-refractivity contribution >= 4 is 5.78 Å². The lowest BCUT2D eigenvalue weighted by Crippen LogP contribution is -2.53. The minimum absolute atomic E-state index is 0.366. The van der Waals surface area contributed by atoms with Crippen molar-refractivity contribution in [3.63, 3.8) is 0 Å². The highest BCUT2D eigenvalue weighted by atomic mass is 16.7. The van der Waals surface area contributed by atoms with E-state index in [0.29, 0.717) is 16.9 Å². The predicted octanol–water partition coefficient (Wildman–Crippen LogP) is 2.43. The van der Waals surface area contributed by atoms with Crippen LogP contribution in [0.3, 0.4) is 0 Å². The molecule has 2 atom stereocenters. The number of carbonyl (C=O) groups is 1. The molecule has 4 heteroatoms. The van der Waals surface area contributed by atoms with E-state index in [1.54, 1.807) is 36.4 Å². The van der Waals surface area contributed by atoms with Gasteiger partial charge in [-0.3, -0.25) is 4.79 Å². The van der Waals surface area contributed by atoms with Crippen LogP contribution in [-0.4, -0.2) is 24.1 Å². The van der Waals surface area contributed by atoms with Gasteiger partial charge in [0.25, 0.3) is 5.79 Å². The molecule has 21 heavy (non-hydrogen) atoms. The van der Waals surface area contributed by atoms with Gasteiger partial charge in [-0.25, -0.2) is 0 Å². The SMILES string of the molecule is COC1(c2ccc(C)cc2)Oc2ccccc2C(=O)C1O. The lowest BCUT2D eigenvalue weighted by Gasteiger charge is -2.40. The van der Waals surface area contributed by atoms with E-state index in [9.17, 15) is 9.90 Å². The fourth-order valence-corrected chi connectivity index (χ4v) is 2.57. The van der Waals surface area contributed by atoms with E-state index < -0.39 is 17.7 Å². The van der Waals surface area contributed by atoms with Crippen molar-refractivity contribution in [2.75, 3.05) is 7.11 Å². The molecule has 2 aromatic carbocycles. The number of ether oxygens (including phenoxy) is 2. The van der Waals surface area contributed by atoms with Crippen molar-refractivity contribution in [3.05, 3.63) is 65.2 Å². The molecule has 1 heterocycles. The van der Waals surface area contributed by atoms with Gasteiger partial charge >= 0.3 is 0 Å². The van der Waals surface area contributed by atoms with E-state index in [-0.39, 0.29) is 0 Å². The third-order valence-corrected chi connectivity index (χ3v) is 3.78. The zero-order chi connectivity index (χ0) is 15.0. The Bertz CT molecular complexity index is 677. The molecule has 0 spiro atoms. The molecule has 1 aliphatic heterocycles. The Kier molecular flexibility index (Phi) is 3.27. The minimum atomic E-state index is -1.51. The van der Waals surface area contributed by atoms with E-state index in [0.717, 1.165) is 5.56 Å². The number of aliphatic hydroxyl groups is 1. The van der Waals surface area contributed by atoms with E-state index in [2.05, 4.69) is 0 Å². The van der Waals surface area contributed by atoms with Crippen molar-refractivity contribution < 1.29 is 19.4 Å². The van der Waals surface area contributed by atoms with Gasteiger partial charge in [-0.15, -0.1) is 0 Å². The predicted molar refractivity (Wildman–Crippen MR) is 77.3 cm³/mol. The number of aliphatic hydroxyl groups excluding tert-OH is 1. The first-order chi connectivity index (χ1) is 10.1. The number of rotatable bonds is 2. The molecule has 0 fully saturated rings. The lowest BCUT2D eigenvalue weighted by molar-refractivity contribution is -0.223. The molecule has 0 saturated carbocycles. The Labute approximate surface area is 122 Å². The molecule has 1 aliphatic rings. The first-order valence-electron chi connectivity index (χ1n) is 6.71. The van der Waals surface area contributed by atoms with Gasteiger partial charge in [-0.2, -0.15) is 0 Å². The molecule has 1 N–H and O–H groups in total. The lowest BCUT2D eigenvalue weighted by atomic mass is 9.90. The zero-order valence-electron chi connectivity index (χ0n) is 11.9. The number of aryl methyl sites for hydroxylation is 1. The molecular formula is C17H16O4. The van der Waals surface area contributed by atoms with E-state index in [1.165, 1.54) is 7.11 Å². The number of ketones is 1. The molecule has 108 valence electrons. The van der Waals surface area contributed by atoms with E-state index in [4.69, 9.17) is 9.47 Å².